The molecule has 1 aromatic heterocycles. The summed E-state index contributed by atoms with van der Waals surface area (Å²) in [4.78, 5) is 33.5. The first-order valence-corrected chi connectivity index (χ1v) is 8.09. The summed E-state index contributed by atoms with van der Waals surface area (Å²) in [6.45, 7) is -0.496. The van der Waals surface area contributed by atoms with E-state index in [4.69, 9.17) is 10.00 Å². The Morgan fingerprint density at radius 2 is 2.16 bits per heavy atom. The number of nitriles is 1. The number of ether oxygens (including phenoxy) is 1. The number of amides is 1. The van der Waals surface area contributed by atoms with Crippen LogP contribution in [0, 0.1) is 21.4 Å². The summed E-state index contributed by atoms with van der Waals surface area (Å²) in [6, 6.07) is 7.16. The number of aryl methyl sites for hydroxylation is 1. The molecule has 0 bridgehead atoms. The minimum atomic E-state index is -0.637. The fourth-order valence-electron chi connectivity index (χ4n) is 1.93. The van der Waals surface area contributed by atoms with E-state index in [1.54, 1.807) is 6.07 Å². The minimum Gasteiger partial charge on any atom is -0.456 e. The highest BCUT2D eigenvalue weighted by atomic mass is 32.1. The molecule has 8 nitrogen and oxygen atoms in total. The van der Waals surface area contributed by atoms with Crippen molar-refractivity contribution in [3.63, 3.8) is 0 Å². The number of hydrogen-bond donors (Lipinski definition) is 1. The van der Waals surface area contributed by atoms with Crippen molar-refractivity contribution in [1.82, 2.24) is 0 Å². The lowest BCUT2D eigenvalue weighted by molar-refractivity contribution is -0.384. The Labute approximate surface area is 146 Å². The van der Waals surface area contributed by atoms with Gasteiger partial charge < -0.3 is 10.1 Å². The van der Waals surface area contributed by atoms with Crippen molar-refractivity contribution in [2.24, 2.45) is 0 Å². The van der Waals surface area contributed by atoms with E-state index in [0.717, 1.165) is 11.6 Å². The molecule has 0 spiro atoms. The van der Waals surface area contributed by atoms with Crippen molar-refractivity contribution in [2.75, 3.05) is 11.9 Å². The van der Waals surface area contributed by atoms with E-state index in [0.29, 0.717) is 6.42 Å². The Morgan fingerprint density at radius 1 is 1.36 bits per heavy atom. The number of esters is 1. The van der Waals surface area contributed by atoms with Gasteiger partial charge in [0, 0.05) is 18.6 Å². The van der Waals surface area contributed by atoms with Crippen LogP contribution in [0.4, 0.5) is 11.4 Å². The second kappa shape index (κ2) is 8.56. The summed E-state index contributed by atoms with van der Waals surface area (Å²) in [5.41, 5.74) is 0.837. The van der Waals surface area contributed by atoms with Gasteiger partial charge in [0.15, 0.2) is 6.61 Å². The first-order chi connectivity index (χ1) is 12.0. The number of thiophene rings is 1. The maximum atomic E-state index is 11.8. The van der Waals surface area contributed by atoms with Crippen molar-refractivity contribution >= 4 is 34.6 Å². The summed E-state index contributed by atoms with van der Waals surface area (Å²) in [6.07, 6.45) is 0.690. The summed E-state index contributed by atoms with van der Waals surface area (Å²) >= 11 is 1.53. The molecule has 1 heterocycles. The molecule has 25 heavy (non-hydrogen) atoms. The number of non-ortho nitro benzene ring substituents is 1. The Hall–Kier alpha value is -3.25. The quantitative estimate of drug-likeness (QED) is 0.460. The predicted molar refractivity (Wildman–Crippen MR) is 90.0 cm³/mol. The van der Waals surface area contributed by atoms with Crippen LogP contribution in [0.2, 0.25) is 0 Å². The smallest absolute Gasteiger partial charge is 0.306 e. The van der Waals surface area contributed by atoms with Crippen LogP contribution < -0.4 is 5.32 Å². The molecule has 0 atom stereocenters. The van der Waals surface area contributed by atoms with Gasteiger partial charge in [0.25, 0.3) is 11.6 Å². The van der Waals surface area contributed by atoms with E-state index >= 15 is 0 Å². The number of nitrogens with one attached hydrogen (secondary N) is 1. The molecular weight excluding hydrogens is 346 g/mol. The molecule has 0 unspecified atom stereocenters. The number of nitrogens with zero attached hydrogens (tertiary/aromatic N) is 2. The lowest BCUT2D eigenvalue weighted by atomic mass is 10.1. The third-order valence-corrected chi connectivity index (χ3v) is 3.90. The zero-order chi connectivity index (χ0) is 18.2. The van der Waals surface area contributed by atoms with E-state index in [1.807, 2.05) is 16.8 Å². The van der Waals surface area contributed by atoms with Gasteiger partial charge >= 0.3 is 5.97 Å². The van der Waals surface area contributed by atoms with Crippen molar-refractivity contribution < 1.29 is 19.2 Å². The SMILES string of the molecule is N#Cc1cc([N+](=O)[O-])ccc1NC(=O)COC(=O)CCc1ccsc1. The lowest BCUT2D eigenvalue weighted by Gasteiger charge is -2.08. The first kappa shape index (κ1) is 18.1. The molecule has 0 radical (unpaired) electrons. The van der Waals surface area contributed by atoms with Crippen molar-refractivity contribution in [3.8, 4) is 6.07 Å². The molecule has 1 N–H and O–H groups in total. The van der Waals surface area contributed by atoms with E-state index in [2.05, 4.69) is 5.32 Å². The summed E-state index contributed by atoms with van der Waals surface area (Å²) in [5.74, 6) is -1.14. The summed E-state index contributed by atoms with van der Waals surface area (Å²) in [5, 5.41) is 25.9. The van der Waals surface area contributed by atoms with Crippen LogP contribution in [0.25, 0.3) is 0 Å². The van der Waals surface area contributed by atoms with Crippen LogP contribution in [-0.4, -0.2) is 23.4 Å². The largest absolute Gasteiger partial charge is 0.456 e. The molecular formula is C16H13N3O5S. The number of hydrogen-bond acceptors (Lipinski definition) is 7. The van der Waals surface area contributed by atoms with Crippen molar-refractivity contribution in [3.05, 3.63) is 56.3 Å². The zero-order valence-electron chi connectivity index (χ0n) is 12.9. The van der Waals surface area contributed by atoms with Gasteiger partial charge in [-0.25, -0.2) is 0 Å². The van der Waals surface area contributed by atoms with Crippen LogP contribution in [0.3, 0.4) is 0 Å². The average molecular weight is 359 g/mol. The molecule has 1 amide bonds. The number of anilines is 1. The summed E-state index contributed by atoms with van der Waals surface area (Å²) < 4.78 is 4.87. The fraction of sp³-hybridized carbons (Fsp3) is 0.188. The lowest BCUT2D eigenvalue weighted by Crippen LogP contribution is -2.21. The van der Waals surface area contributed by atoms with Crippen LogP contribution in [0.15, 0.2) is 35.0 Å². The Bertz CT molecular complexity index is 827. The molecule has 0 saturated heterocycles. The van der Waals surface area contributed by atoms with Gasteiger partial charge in [-0.1, -0.05) is 0 Å². The van der Waals surface area contributed by atoms with E-state index in [1.165, 1.54) is 23.5 Å². The number of carbonyl (C=O) groups is 2. The Morgan fingerprint density at radius 3 is 2.80 bits per heavy atom. The van der Waals surface area contributed by atoms with E-state index in [9.17, 15) is 19.7 Å². The van der Waals surface area contributed by atoms with Gasteiger partial charge in [0.2, 0.25) is 0 Å². The zero-order valence-corrected chi connectivity index (χ0v) is 13.7. The molecule has 0 aliphatic carbocycles. The Kier molecular flexibility index (Phi) is 6.20. The monoisotopic (exact) mass is 359 g/mol. The van der Waals surface area contributed by atoms with Gasteiger partial charge in [-0.2, -0.15) is 16.6 Å². The van der Waals surface area contributed by atoms with Crippen LogP contribution in [0.5, 0.6) is 0 Å². The predicted octanol–water partition coefficient (Wildman–Crippen LogP) is 2.64. The molecule has 0 fully saturated rings. The molecule has 2 rings (SSSR count). The first-order valence-electron chi connectivity index (χ1n) is 7.14. The number of benzene rings is 1. The fourth-order valence-corrected chi connectivity index (χ4v) is 2.64. The number of nitro benzene ring substituents is 1. The number of rotatable bonds is 7. The standard InChI is InChI=1S/C16H13N3O5S/c17-8-12-7-13(19(22)23)2-3-14(12)18-15(20)9-24-16(21)4-1-11-5-6-25-10-11/h2-3,5-7,10H,1,4,9H2,(H,18,20). The molecule has 0 aliphatic rings. The van der Waals surface area contributed by atoms with Crippen LogP contribution in [-0.2, 0) is 20.7 Å². The highest BCUT2D eigenvalue weighted by molar-refractivity contribution is 7.07. The molecule has 0 aliphatic heterocycles. The van der Waals surface area contributed by atoms with Crippen molar-refractivity contribution in [2.45, 2.75) is 12.8 Å². The van der Waals surface area contributed by atoms with Gasteiger partial charge in [0.05, 0.1) is 16.2 Å². The molecule has 9 heteroatoms. The maximum Gasteiger partial charge on any atom is 0.306 e. The highest BCUT2D eigenvalue weighted by Gasteiger charge is 2.14. The topological polar surface area (TPSA) is 122 Å². The second-order valence-corrected chi connectivity index (χ2v) is 5.72. The summed E-state index contributed by atoms with van der Waals surface area (Å²) in [7, 11) is 0. The molecule has 2 aromatic rings. The Balaban J connectivity index is 1.84. The molecule has 0 saturated carbocycles. The molecule has 128 valence electrons. The average Bonchev–Trinajstić information content (AvgIpc) is 3.11. The number of carbonyl (C=O) groups excluding carboxylic acids is 2. The van der Waals surface area contributed by atoms with Gasteiger partial charge in [-0.15, -0.1) is 0 Å². The normalized spacial score (nSPS) is 9.88. The maximum absolute atomic E-state index is 11.8. The van der Waals surface area contributed by atoms with E-state index < -0.39 is 23.4 Å². The van der Waals surface area contributed by atoms with Crippen LogP contribution in [0.1, 0.15) is 17.5 Å². The molecule has 1 aromatic carbocycles. The van der Waals surface area contributed by atoms with Gasteiger partial charge in [-0.3, -0.25) is 19.7 Å². The van der Waals surface area contributed by atoms with E-state index in [-0.39, 0.29) is 23.4 Å². The minimum absolute atomic E-state index is 0.0497. The number of nitro groups is 1. The third kappa shape index (κ3) is 5.40. The van der Waals surface area contributed by atoms with Crippen molar-refractivity contribution in [1.29, 1.82) is 5.26 Å². The third-order valence-electron chi connectivity index (χ3n) is 3.17. The van der Waals surface area contributed by atoms with Gasteiger partial charge in [0.1, 0.15) is 6.07 Å². The highest BCUT2D eigenvalue weighted by Crippen LogP contribution is 2.21. The van der Waals surface area contributed by atoms with Crippen LogP contribution >= 0.6 is 11.3 Å². The second-order valence-electron chi connectivity index (χ2n) is 4.94. The van der Waals surface area contributed by atoms with Gasteiger partial charge in [-0.05, 0) is 34.9 Å².